The van der Waals surface area contributed by atoms with E-state index < -0.39 is 5.97 Å². The maximum atomic E-state index is 11.2. The first-order chi connectivity index (χ1) is 7.13. The highest BCUT2D eigenvalue weighted by atomic mass is 79.9. The van der Waals surface area contributed by atoms with Crippen molar-refractivity contribution in [3.05, 3.63) is 33.3 Å². The Kier molecular flexibility index (Phi) is 3.83. The molecule has 0 unspecified atom stereocenters. The van der Waals surface area contributed by atoms with E-state index in [1.54, 1.807) is 0 Å². The summed E-state index contributed by atoms with van der Waals surface area (Å²) in [6.07, 6.45) is 0. The zero-order valence-corrected chi connectivity index (χ0v) is 9.54. The van der Waals surface area contributed by atoms with E-state index in [0.29, 0.717) is 15.6 Å². The SMILES string of the molecule is COC(=O)c1cc(C#N)c(Br)c(CO)c1. The van der Waals surface area contributed by atoms with Gasteiger partial charge in [0.1, 0.15) is 6.07 Å². The van der Waals surface area contributed by atoms with Crippen molar-refractivity contribution in [2.24, 2.45) is 0 Å². The van der Waals surface area contributed by atoms with Crippen molar-refractivity contribution >= 4 is 21.9 Å². The Labute approximate surface area is 95.2 Å². The molecule has 0 spiro atoms. The van der Waals surface area contributed by atoms with Crippen LogP contribution in [0, 0.1) is 11.3 Å². The van der Waals surface area contributed by atoms with Crippen LogP contribution < -0.4 is 0 Å². The van der Waals surface area contributed by atoms with Gasteiger partial charge in [-0.15, -0.1) is 0 Å². The number of nitriles is 1. The number of hydrogen-bond donors (Lipinski definition) is 1. The molecule has 0 heterocycles. The van der Waals surface area contributed by atoms with Crippen LogP contribution in [0.15, 0.2) is 16.6 Å². The highest BCUT2D eigenvalue weighted by Gasteiger charge is 2.12. The molecule has 0 bridgehead atoms. The molecule has 0 aliphatic carbocycles. The number of halogens is 1. The number of carbonyl (C=O) groups is 1. The number of aliphatic hydroxyl groups excluding tert-OH is 1. The van der Waals surface area contributed by atoms with Gasteiger partial charge in [-0.2, -0.15) is 5.26 Å². The Morgan fingerprint density at radius 1 is 1.67 bits per heavy atom. The predicted molar refractivity (Wildman–Crippen MR) is 56.1 cm³/mol. The van der Waals surface area contributed by atoms with Gasteiger partial charge in [-0.3, -0.25) is 0 Å². The highest BCUT2D eigenvalue weighted by molar-refractivity contribution is 9.10. The number of esters is 1. The standard InChI is InChI=1S/C10H8BrNO3/c1-15-10(14)6-2-7(4-12)9(11)8(3-6)5-13/h2-3,13H,5H2,1H3. The van der Waals surface area contributed by atoms with Crippen LogP contribution in [0.4, 0.5) is 0 Å². The van der Waals surface area contributed by atoms with E-state index in [4.69, 9.17) is 10.4 Å². The summed E-state index contributed by atoms with van der Waals surface area (Å²) >= 11 is 3.17. The molecule has 1 rings (SSSR count). The summed E-state index contributed by atoms with van der Waals surface area (Å²) < 4.78 is 5.03. The number of rotatable bonds is 2. The molecule has 5 heteroatoms. The third-order valence-corrected chi connectivity index (χ3v) is 2.80. The van der Waals surface area contributed by atoms with E-state index in [1.807, 2.05) is 6.07 Å². The molecule has 0 aromatic heterocycles. The molecule has 1 N–H and O–H groups in total. The molecule has 1 aromatic rings. The Morgan fingerprint density at radius 2 is 2.33 bits per heavy atom. The smallest absolute Gasteiger partial charge is 0.337 e. The van der Waals surface area contributed by atoms with E-state index in [0.717, 1.165) is 0 Å². The Morgan fingerprint density at radius 3 is 2.80 bits per heavy atom. The Balaban J connectivity index is 3.34. The quantitative estimate of drug-likeness (QED) is 0.828. The lowest BCUT2D eigenvalue weighted by Gasteiger charge is -2.06. The summed E-state index contributed by atoms with van der Waals surface area (Å²) in [6, 6.07) is 4.82. The molecule has 0 atom stereocenters. The van der Waals surface area contributed by atoms with Gasteiger partial charge < -0.3 is 9.84 Å². The first-order valence-electron chi connectivity index (χ1n) is 4.05. The van der Waals surface area contributed by atoms with Gasteiger partial charge in [0.15, 0.2) is 0 Å². The van der Waals surface area contributed by atoms with E-state index in [9.17, 15) is 4.79 Å². The number of aliphatic hydroxyl groups is 1. The molecule has 0 aliphatic heterocycles. The van der Waals surface area contributed by atoms with Crippen LogP contribution >= 0.6 is 15.9 Å². The van der Waals surface area contributed by atoms with Crippen molar-refractivity contribution in [1.29, 1.82) is 5.26 Å². The molecule has 1 aromatic carbocycles. The fraction of sp³-hybridized carbons (Fsp3) is 0.200. The largest absolute Gasteiger partial charge is 0.465 e. The van der Waals surface area contributed by atoms with Crippen molar-refractivity contribution in [2.45, 2.75) is 6.61 Å². The van der Waals surface area contributed by atoms with Crippen molar-refractivity contribution in [3.8, 4) is 6.07 Å². The van der Waals surface area contributed by atoms with Crippen molar-refractivity contribution in [1.82, 2.24) is 0 Å². The topological polar surface area (TPSA) is 70.3 Å². The normalized spacial score (nSPS) is 9.47. The summed E-state index contributed by atoms with van der Waals surface area (Å²) in [5.41, 5.74) is 1.03. The minimum atomic E-state index is -0.534. The summed E-state index contributed by atoms with van der Waals surface area (Å²) in [4.78, 5) is 11.2. The predicted octanol–water partition coefficient (Wildman–Crippen LogP) is 1.60. The average molecular weight is 270 g/mol. The molecule has 0 saturated heterocycles. The van der Waals surface area contributed by atoms with Crippen LogP contribution in [0.5, 0.6) is 0 Å². The van der Waals surface area contributed by atoms with E-state index in [2.05, 4.69) is 20.7 Å². The summed E-state index contributed by atoms with van der Waals surface area (Å²) in [5, 5.41) is 17.8. The third-order valence-electron chi connectivity index (χ3n) is 1.86. The first kappa shape index (κ1) is 11.7. The van der Waals surface area contributed by atoms with Crippen LogP contribution in [0.1, 0.15) is 21.5 Å². The number of benzene rings is 1. The van der Waals surface area contributed by atoms with Gasteiger partial charge in [-0.05, 0) is 33.6 Å². The monoisotopic (exact) mass is 269 g/mol. The number of nitrogens with zero attached hydrogens (tertiary/aromatic N) is 1. The van der Waals surface area contributed by atoms with Gasteiger partial charge in [-0.25, -0.2) is 4.79 Å². The number of methoxy groups -OCH3 is 1. The van der Waals surface area contributed by atoms with Crippen LogP contribution in [0.3, 0.4) is 0 Å². The molecule has 78 valence electrons. The fourth-order valence-electron chi connectivity index (χ4n) is 1.12. The number of carbonyl (C=O) groups excluding carboxylic acids is 1. The van der Waals surface area contributed by atoms with Gasteiger partial charge in [-0.1, -0.05) is 0 Å². The fourth-order valence-corrected chi connectivity index (χ4v) is 1.56. The molecule has 0 fully saturated rings. The summed E-state index contributed by atoms with van der Waals surface area (Å²) in [6.45, 7) is -0.250. The molecule has 0 amide bonds. The third kappa shape index (κ3) is 2.35. The first-order valence-corrected chi connectivity index (χ1v) is 4.85. The van der Waals surface area contributed by atoms with Crippen LogP contribution in [0.2, 0.25) is 0 Å². The van der Waals surface area contributed by atoms with Crippen LogP contribution in [0.25, 0.3) is 0 Å². The average Bonchev–Trinajstić information content (AvgIpc) is 2.28. The second kappa shape index (κ2) is 4.91. The molecule has 0 aliphatic rings. The highest BCUT2D eigenvalue weighted by Crippen LogP contribution is 2.23. The molecular weight excluding hydrogens is 262 g/mol. The van der Waals surface area contributed by atoms with Crippen LogP contribution in [-0.2, 0) is 11.3 Å². The van der Waals surface area contributed by atoms with E-state index in [1.165, 1.54) is 19.2 Å². The molecule has 0 radical (unpaired) electrons. The van der Waals surface area contributed by atoms with Crippen molar-refractivity contribution in [3.63, 3.8) is 0 Å². The second-order valence-electron chi connectivity index (χ2n) is 2.76. The lowest BCUT2D eigenvalue weighted by Crippen LogP contribution is -2.03. The van der Waals surface area contributed by atoms with E-state index >= 15 is 0 Å². The molecule has 4 nitrogen and oxygen atoms in total. The Hall–Kier alpha value is -1.38. The zero-order valence-electron chi connectivity index (χ0n) is 7.95. The van der Waals surface area contributed by atoms with Gasteiger partial charge in [0, 0.05) is 4.47 Å². The van der Waals surface area contributed by atoms with Gasteiger partial charge in [0.25, 0.3) is 0 Å². The summed E-state index contributed by atoms with van der Waals surface area (Å²) in [5.74, 6) is -0.534. The number of ether oxygens (including phenoxy) is 1. The van der Waals surface area contributed by atoms with Crippen LogP contribution in [-0.4, -0.2) is 18.2 Å². The minimum Gasteiger partial charge on any atom is -0.465 e. The van der Waals surface area contributed by atoms with E-state index in [-0.39, 0.29) is 12.2 Å². The number of hydrogen-bond acceptors (Lipinski definition) is 4. The van der Waals surface area contributed by atoms with Crippen molar-refractivity contribution < 1.29 is 14.6 Å². The minimum absolute atomic E-state index is 0.250. The lowest BCUT2D eigenvalue weighted by atomic mass is 10.1. The summed E-state index contributed by atoms with van der Waals surface area (Å²) in [7, 11) is 1.26. The van der Waals surface area contributed by atoms with Gasteiger partial charge in [0.2, 0.25) is 0 Å². The van der Waals surface area contributed by atoms with Gasteiger partial charge in [0.05, 0.1) is 24.8 Å². The lowest BCUT2D eigenvalue weighted by molar-refractivity contribution is 0.0600. The van der Waals surface area contributed by atoms with Gasteiger partial charge >= 0.3 is 5.97 Å². The van der Waals surface area contributed by atoms with Crippen molar-refractivity contribution in [2.75, 3.05) is 7.11 Å². The maximum absolute atomic E-state index is 11.2. The zero-order chi connectivity index (χ0) is 11.4. The second-order valence-corrected chi connectivity index (χ2v) is 3.55. The molecule has 0 saturated carbocycles. The molecule has 15 heavy (non-hydrogen) atoms. The molecular formula is C10H8BrNO3. The maximum Gasteiger partial charge on any atom is 0.337 e. The Bertz CT molecular complexity index is 437.